The number of anilines is 3. The summed E-state index contributed by atoms with van der Waals surface area (Å²) in [5.74, 6) is 0. The van der Waals surface area contributed by atoms with E-state index < -0.39 is 0 Å². The summed E-state index contributed by atoms with van der Waals surface area (Å²) in [6.07, 6.45) is 0. The fourth-order valence-electron chi connectivity index (χ4n) is 3.00. The second-order valence-corrected chi connectivity index (χ2v) is 6.30. The SMILES string of the molecule is CCNC(=O)N1CCN(c2ccc(NC(=O)Nc3ccccc3)cc2)CC1. The van der Waals surface area contributed by atoms with Crippen molar-refractivity contribution in [2.45, 2.75) is 6.92 Å². The molecule has 27 heavy (non-hydrogen) atoms. The van der Waals surface area contributed by atoms with Crippen LogP contribution in [0, 0.1) is 0 Å². The normalized spacial score (nSPS) is 13.8. The number of carbonyl (C=O) groups excluding carboxylic acids is 2. The quantitative estimate of drug-likeness (QED) is 0.777. The Labute approximate surface area is 159 Å². The van der Waals surface area contributed by atoms with Crippen LogP contribution in [0.1, 0.15) is 6.92 Å². The average molecular weight is 367 g/mol. The number of nitrogens with zero attached hydrogens (tertiary/aromatic N) is 2. The number of piperazine rings is 1. The number of carbonyl (C=O) groups is 2. The van der Waals surface area contributed by atoms with Crippen LogP contribution in [0.2, 0.25) is 0 Å². The van der Waals surface area contributed by atoms with Crippen molar-refractivity contribution >= 4 is 29.1 Å². The van der Waals surface area contributed by atoms with Crippen molar-refractivity contribution in [3.05, 3.63) is 54.6 Å². The van der Waals surface area contributed by atoms with Crippen LogP contribution in [0.5, 0.6) is 0 Å². The number of nitrogens with one attached hydrogen (secondary N) is 3. The molecular formula is C20H25N5O2. The summed E-state index contributed by atoms with van der Waals surface area (Å²) in [7, 11) is 0. The van der Waals surface area contributed by atoms with Crippen LogP contribution < -0.4 is 20.9 Å². The first-order valence-electron chi connectivity index (χ1n) is 9.16. The first kappa shape index (κ1) is 18.6. The maximum Gasteiger partial charge on any atom is 0.323 e. The molecule has 142 valence electrons. The maximum absolute atomic E-state index is 12.0. The lowest BCUT2D eigenvalue weighted by atomic mass is 10.2. The molecule has 1 aliphatic heterocycles. The van der Waals surface area contributed by atoms with Gasteiger partial charge in [0.05, 0.1) is 0 Å². The van der Waals surface area contributed by atoms with Crippen molar-refractivity contribution in [3.63, 3.8) is 0 Å². The molecule has 1 saturated heterocycles. The van der Waals surface area contributed by atoms with Crippen molar-refractivity contribution in [1.29, 1.82) is 0 Å². The van der Waals surface area contributed by atoms with Crippen molar-refractivity contribution in [2.24, 2.45) is 0 Å². The number of hydrogen-bond donors (Lipinski definition) is 3. The van der Waals surface area contributed by atoms with E-state index in [-0.39, 0.29) is 12.1 Å². The standard InChI is InChI=1S/C20H25N5O2/c1-2-21-20(27)25-14-12-24(13-15-25)18-10-8-17(9-11-18)23-19(26)22-16-6-4-3-5-7-16/h3-11H,2,12-15H2,1H3,(H,21,27)(H2,22,23,26). The van der Waals surface area contributed by atoms with E-state index in [9.17, 15) is 9.59 Å². The second kappa shape index (κ2) is 8.93. The van der Waals surface area contributed by atoms with Crippen LogP contribution in [0.3, 0.4) is 0 Å². The predicted octanol–water partition coefficient (Wildman–Crippen LogP) is 3.18. The van der Waals surface area contributed by atoms with Crippen LogP contribution >= 0.6 is 0 Å². The fraction of sp³-hybridized carbons (Fsp3) is 0.300. The van der Waals surface area contributed by atoms with Crippen molar-refractivity contribution in [1.82, 2.24) is 10.2 Å². The van der Waals surface area contributed by atoms with Gasteiger partial charge in [0.1, 0.15) is 0 Å². The van der Waals surface area contributed by atoms with Crippen LogP contribution in [-0.2, 0) is 0 Å². The highest BCUT2D eigenvalue weighted by molar-refractivity contribution is 5.99. The minimum absolute atomic E-state index is 0.00104. The number of para-hydroxylation sites is 1. The molecule has 0 spiro atoms. The molecule has 4 amide bonds. The van der Waals surface area contributed by atoms with Gasteiger partial charge in [0, 0.05) is 49.8 Å². The zero-order valence-corrected chi connectivity index (χ0v) is 15.4. The zero-order chi connectivity index (χ0) is 19.1. The van der Waals surface area contributed by atoms with Gasteiger partial charge in [-0.2, -0.15) is 0 Å². The third kappa shape index (κ3) is 5.13. The van der Waals surface area contributed by atoms with E-state index in [4.69, 9.17) is 0 Å². The Kier molecular flexibility index (Phi) is 6.14. The van der Waals surface area contributed by atoms with E-state index in [1.807, 2.05) is 66.4 Å². The summed E-state index contributed by atoms with van der Waals surface area (Å²) in [6, 6.07) is 16.8. The molecule has 0 atom stereocenters. The van der Waals surface area contributed by atoms with E-state index in [1.165, 1.54) is 0 Å². The van der Waals surface area contributed by atoms with E-state index in [0.717, 1.165) is 30.2 Å². The van der Waals surface area contributed by atoms with Crippen LogP contribution in [-0.4, -0.2) is 49.7 Å². The summed E-state index contributed by atoms with van der Waals surface area (Å²) >= 11 is 0. The van der Waals surface area contributed by atoms with Gasteiger partial charge in [0.2, 0.25) is 0 Å². The molecule has 3 N–H and O–H groups in total. The van der Waals surface area contributed by atoms with Gasteiger partial charge >= 0.3 is 12.1 Å². The lowest BCUT2D eigenvalue weighted by Gasteiger charge is -2.36. The van der Waals surface area contributed by atoms with Crippen molar-refractivity contribution in [3.8, 4) is 0 Å². The van der Waals surface area contributed by atoms with Gasteiger partial charge in [-0.3, -0.25) is 0 Å². The summed E-state index contributed by atoms with van der Waals surface area (Å²) in [4.78, 5) is 28.0. The molecule has 3 rings (SSSR count). The molecule has 0 aliphatic carbocycles. The number of rotatable bonds is 4. The lowest BCUT2D eigenvalue weighted by Crippen LogP contribution is -2.51. The van der Waals surface area contributed by atoms with Crippen molar-refractivity contribution < 1.29 is 9.59 Å². The van der Waals surface area contributed by atoms with Gasteiger partial charge in [-0.1, -0.05) is 18.2 Å². The Morgan fingerprint density at radius 2 is 1.44 bits per heavy atom. The molecule has 0 saturated carbocycles. The van der Waals surface area contributed by atoms with Gasteiger partial charge in [-0.05, 0) is 43.3 Å². The molecule has 0 unspecified atom stereocenters. The Hall–Kier alpha value is -3.22. The van der Waals surface area contributed by atoms with Crippen molar-refractivity contribution in [2.75, 3.05) is 48.3 Å². The number of urea groups is 2. The van der Waals surface area contributed by atoms with Gasteiger partial charge in [-0.15, -0.1) is 0 Å². The van der Waals surface area contributed by atoms with Gasteiger partial charge < -0.3 is 25.8 Å². The van der Waals surface area contributed by atoms with E-state index >= 15 is 0 Å². The number of amides is 4. The summed E-state index contributed by atoms with van der Waals surface area (Å²) in [5.41, 5.74) is 2.56. The Bertz CT molecular complexity index is 756. The highest BCUT2D eigenvalue weighted by Crippen LogP contribution is 2.20. The molecule has 2 aromatic rings. The molecule has 7 heteroatoms. The second-order valence-electron chi connectivity index (χ2n) is 6.30. The Balaban J connectivity index is 1.50. The summed E-state index contributed by atoms with van der Waals surface area (Å²) in [5, 5.41) is 8.45. The predicted molar refractivity (Wildman–Crippen MR) is 108 cm³/mol. The monoisotopic (exact) mass is 367 g/mol. The largest absolute Gasteiger partial charge is 0.368 e. The first-order chi connectivity index (χ1) is 13.2. The minimum Gasteiger partial charge on any atom is -0.368 e. The Morgan fingerprint density at radius 1 is 0.852 bits per heavy atom. The van der Waals surface area contributed by atoms with E-state index in [0.29, 0.717) is 19.6 Å². The molecule has 1 heterocycles. The molecule has 1 aliphatic rings. The molecule has 7 nitrogen and oxygen atoms in total. The van der Waals surface area contributed by atoms with Gasteiger partial charge in [-0.25, -0.2) is 9.59 Å². The third-order valence-corrected chi connectivity index (χ3v) is 4.42. The number of benzene rings is 2. The molecule has 1 fully saturated rings. The minimum atomic E-state index is -0.274. The molecule has 0 bridgehead atoms. The maximum atomic E-state index is 12.0. The summed E-state index contributed by atoms with van der Waals surface area (Å²) < 4.78 is 0. The van der Waals surface area contributed by atoms with Gasteiger partial charge in [0.25, 0.3) is 0 Å². The first-order valence-corrected chi connectivity index (χ1v) is 9.16. The number of hydrogen-bond acceptors (Lipinski definition) is 3. The van der Waals surface area contributed by atoms with Crippen LogP contribution in [0.25, 0.3) is 0 Å². The Morgan fingerprint density at radius 3 is 2.04 bits per heavy atom. The highest BCUT2D eigenvalue weighted by atomic mass is 16.2. The average Bonchev–Trinajstić information content (AvgIpc) is 2.69. The van der Waals surface area contributed by atoms with E-state index in [2.05, 4.69) is 20.9 Å². The zero-order valence-electron chi connectivity index (χ0n) is 15.4. The topological polar surface area (TPSA) is 76.7 Å². The summed E-state index contributed by atoms with van der Waals surface area (Å²) in [6.45, 7) is 5.54. The van der Waals surface area contributed by atoms with Gasteiger partial charge in [0.15, 0.2) is 0 Å². The molecule has 2 aromatic carbocycles. The smallest absolute Gasteiger partial charge is 0.323 e. The lowest BCUT2D eigenvalue weighted by molar-refractivity contribution is 0.195. The molecule has 0 aromatic heterocycles. The fourth-order valence-corrected chi connectivity index (χ4v) is 3.00. The van der Waals surface area contributed by atoms with Crippen LogP contribution in [0.15, 0.2) is 54.6 Å². The third-order valence-electron chi connectivity index (χ3n) is 4.42. The highest BCUT2D eigenvalue weighted by Gasteiger charge is 2.20. The molecular weight excluding hydrogens is 342 g/mol. The van der Waals surface area contributed by atoms with Crippen LogP contribution in [0.4, 0.5) is 26.7 Å². The molecule has 0 radical (unpaired) electrons. The van der Waals surface area contributed by atoms with E-state index in [1.54, 1.807) is 0 Å².